The summed E-state index contributed by atoms with van der Waals surface area (Å²) in [7, 11) is 4.55. The normalized spacial score (nSPS) is 18.2. The molecule has 4 N–H and O–H groups in total. The maximum atomic E-state index is 13.7. The van der Waals surface area contributed by atoms with Crippen LogP contribution >= 0.6 is 0 Å². The molecule has 2 saturated heterocycles. The van der Waals surface area contributed by atoms with Crippen LogP contribution in [0.3, 0.4) is 0 Å². The highest BCUT2D eigenvalue weighted by atomic mass is 16.5. The first-order valence-corrected chi connectivity index (χ1v) is 19.2. The molecule has 0 saturated carbocycles. The van der Waals surface area contributed by atoms with E-state index in [2.05, 4.69) is 20.6 Å². The Morgan fingerprint density at radius 3 is 1.66 bits per heavy atom. The topological polar surface area (TPSA) is 192 Å². The van der Waals surface area contributed by atoms with Crippen molar-refractivity contribution in [3.63, 3.8) is 0 Å². The molecule has 296 valence electrons. The van der Waals surface area contributed by atoms with Crippen molar-refractivity contribution in [2.45, 2.75) is 77.5 Å². The number of fused-ring (bicyclic) bond motifs is 2. The monoisotopic (exact) mass is 766 g/mol. The predicted molar refractivity (Wildman–Crippen MR) is 209 cm³/mol. The zero-order valence-corrected chi connectivity index (χ0v) is 32.9. The molecule has 5 heterocycles. The first kappa shape index (κ1) is 38.3. The molecule has 2 aromatic carbocycles. The Kier molecular flexibility index (Phi) is 10.7. The molecule has 3 aromatic heterocycles. The Balaban J connectivity index is 1.10. The van der Waals surface area contributed by atoms with E-state index in [1.54, 1.807) is 4.90 Å². The fourth-order valence-electron chi connectivity index (χ4n) is 8.00. The van der Waals surface area contributed by atoms with Crippen molar-refractivity contribution in [2.75, 3.05) is 27.3 Å². The van der Waals surface area contributed by atoms with Crippen molar-refractivity contribution in [1.29, 1.82) is 0 Å². The lowest BCUT2D eigenvalue weighted by molar-refractivity contribution is -0.136. The second-order valence-electron chi connectivity index (χ2n) is 15.3. The van der Waals surface area contributed by atoms with E-state index < -0.39 is 24.3 Å². The molecule has 0 radical (unpaired) electrons. The van der Waals surface area contributed by atoms with E-state index in [0.29, 0.717) is 24.7 Å². The Bertz CT molecular complexity index is 2120. The van der Waals surface area contributed by atoms with E-state index >= 15 is 0 Å². The fourth-order valence-corrected chi connectivity index (χ4v) is 8.00. The Morgan fingerprint density at radius 2 is 1.20 bits per heavy atom. The Labute approximate surface area is 324 Å². The number of nitrogens with one attached hydrogen (secondary N) is 4. The molecule has 16 heteroatoms. The van der Waals surface area contributed by atoms with Crippen molar-refractivity contribution < 1.29 is 28.7 Å². The smallest absolute Gasteiger partial charge is 0.407 e. The molecule has 0 aliphatic carbocycles. The maximum Gasteiger partial charge on any atom is 0.407 e. The number of alkyl carbamates (subject to hydrolysis) is 2. The van der Waals surface area contributed by atoms with Crippen LogP contribution < -0.4 is 10.6 Å². The lowest BCUT2D eigenvalue weighted by atomic mass is 10.0. The van der Waals surface area contributed by atoms with E-state index in [-0.39, 0.29) is 35.7 Å². The number of carbonyl (C=O) groups is 4. The molecule has 16 nitrogen and oxygen atoms in total. The highest BCUT2D eigenvalue weighted by molar-refractivity contribution is 5.88. The zero-order chi connectivity index (χ0) is 39.8. The van der Waals surface area contributed by atoms with Crippen LogP contribution in [0.2, 0.25) is 0 Å². The molecule has 0 bridgehead atoms. The van der Waals surface area contributed by atoms with Gasteiger partial charge in [0.15, 0.2) is 0 Å². The van der Waals surface area contributed by atoms with Gasteiger partial charge in [-0.2, -0.15) is 0 Å². The van der Waals surface area contributed by atoms with Gasteiger partial charge in [0.1, 0.15) is 29.6 Å². The van der Waals surface area contributed by atoms with E-state index in [1.165, 1.54) is 14.2 Å². The number of carbonyl (C=O) groups excluding carboxylic acids is 4. The van der Waals surface area contributed by atoms with Gasteiger partial charge in [-0.05, 0) is 67.9 Å². The van der Waals surface area contributed by atoms with Crippen LogP contribution in [-0.2, 0) is 26.1 Å². The van der Waals surface area contributed by atoms with Crippen LogP contribution in [0.1, 0.15) is 77.1 Å². The number of imidazole rings is 3. The number of methoxy groups -OCH3 is 2. The zero-order valence-electron chi connectivity index (χ0n) is 32.9. The summed E-state index contributed by atoms with van der Waals surface area (Å²) in [5.41, 5.74) is 6.03. The van der Waals surface area contributed by atoms with Crippen molar-refractivity contribution in [3.05, 3.63) is 54.2 Å². The summed E-state index contributed by atoms with van der Waals surface area (Å²) in [5, 5.41) is 5.40. The van der Waals surface area contributed by atoms with Crippen LogP contribution in [-0.4, -0.2) is 103 Å². The molecule has 2 aliphatic rings. The van der Waals surface area contributed by atoms with Crippen molar-refractivity contribution in [3.8, 4) is 22.6 Å². The number of likely N-dealkylation sites (tertiary alicyclic amines) is 2. The highest BCUT2D eigenvalue weighted by Crippen LogP contribution is 2.36. The van der Waals surface area contributed by atoms with Crippen LogP contribution in [0.25, 0.3) is 44.7 Å². The number of hydrogen-bond donors (Lipinski definition) is 4. The molecule has 56 heavy (non-hydrogen) atoms. The van der Waals surface area contributed by atoms with Gasteiger partial charge in [-0.1, -0.05) is 33.8 Å². The van der Waals surface area contributed by atoms with Gasteiger partial charge in [0, 0.05) is 31.3 Å². The molecular weight excluding hydrogens is 717 g/mol. The predicted octanol–water partition coefficient (Wildman–Crippen LogP) is 5.59. The first-order valence-electron chi connectivity index (χ1n) is 19.2. The fraction of sp³-hybridized carbons (Fsp3) is 0.475. The lowest BCUT2D eigenvalue weighted by Crippen LogP contribution is -2.51. The summed E-state index contributed by atoms with van der Waals surface area (Å²) < 4.78 is 11.6. The van der Waals surface area contributed by atoms with Crippen LogP contribution in [0.15, 0.2) is 42.6 Å². The average Bonchev–Trinajstić information content (AvgIpc) is 4.03. The third-order valence-corrected chi connectivity index (χ3v) is 11.0. The van der Waals surface area contributed by atoms with Gasteiger partial charge in [0.05, 0.1) is 60.3 Å². The van der Waals surface area contributed by atoms with E-state index in [1.807, 2.05) is 86.8 Å². The summed E-state index contributed by atoms with van der Waals surface area (Å²) in [6.07, 6.45) is 3.77. The number of hydrogen-bond acceptors (Lipinski definition) is 9. The Morgan fingerprint density at radius 1 is 0.732 bits per heavy atom. The van der Waals surface area contributed by atoms with E-state index in [9.17, 15) is 19.2 Å². The molecule has 2 aliphatic heterocycles. The van der Waals surface area contributed by atoms with Gasteiger partial charge in [-0.25, -0.2) is 24.5 Å². The minimum atomic E-state index is -0.707. The SMILES string of the molecule is COC(=O)N[C@H](C(=O)N1CCC[C@H]1c1nc2ccc(-c3cnc(-c4ccc5nc([C@@H]6CCCN6C(=O)[C@@H](NC(=O)OC)C(C)C)[nH]c5c4)n3C)cc2[nH]1)C(C)C. The number of benzene rings is 2. The van der Waals surface area contributed by atoms with Crippen LogP contribution in [0.5, 0.6) is 0 Å². The minimum absolute atomic E-state index is 0.120. The van der Waals surface area contributed by atoms with Crippen molar-refractivity contribution in [2.24, 2.45) is 18.9 Å². The van der Waals surface area contributed by atoms with Crippen molar-refractivity contribution >= 4 is 46.1 Å². The second-order valence-corrected chi connectivity index (χ2v) is 15.3. The van der Waals surface area contributed by atoms with E-state index in [0.717, 1.165) is 70.4 Å². The standard InChI is InChI=1S/C40H50N10O6/c1-21(2)32(46-39(53)55-6)37(51)49-16-8-10-29(49)34-42-25-14-12-23(18-27(25)44-34)31-20-41-36(48(31)5)24-13-15-26-28(19-24)45-35(43-26)30-11-9-17-50(30)38(52)33(22(3)4)47-40(54)56-7/h12-15,18-22,29-30,32-33H,8-11,16-17H2,1-7H3,(H,42,44)(H,43,45)(H,46,53)(H,47,54)/t29-,30-,32-,33-/m0/s1. The number of nitrogens with zero attached hydrogens (tertiary/aromatic N) is 6. The summed E-state index contributed by atoms with van der Waals surface area (Å²) in [5.74, 6) is 1.65. The molecule has 4 amide bonds. The third kappa shape index (κ3) is 7.27. The summed E-state index contributed by atoms with van der Waals surface area (Å²) >= 11 is 0. The average molecular weight is 767 g/mol. The summed E-state index contributed by atoms with van der Waals surface area (Å²) in [6, 6.07) is 10.1. The quantitative estimate of drug-likeness (QED) is 0.140. The van der Waals surface area contributed by atoms with Gasteiger partial charge in [-0.15, -0.1) is 0 Å². The van der Waals surface area contributed by atoms with Gasteiger partial charge < -0.3 is 44.4 Å². The van der Waals surface area contributed by atoms with Crippen LogP contribution in [0.4, 0.5) is 9.59 Å². The lowest BCUT2D eigenvalue weighted by Gasteiger charge is -2.29. The molecule has 7 rings (SSSR count). The van der Waals surface area contributed by atoms with E-state index in [4.69, 9.17) is 24.4 Å². The summed E-state index contributed by atoms with van der Waals surface area (Å²) in [6.45, 7) is 8.75. The second kappa shape index (κ2) is 15.7. The van der Waals surface area contributed by atoms with Crippen LogP contribution in [0, 0.1) is 11.8 Å². The number of ether oxygens (including phenoxy) is 2. The number of amides is 4. The van der Waals surface area contributed by atoms with Gasteiger partial charge >= 0.3 is 12.2 Å². The van der Waals surface area contributed by atoms with Gasteiger partial charge in [-0.3, -0.25) is 9.59 Å². The van der Waals surface area contributed by atoms with Gasteiger partial charge in [0.25, 0.3) is 0 Å². The third-order valence-electron chi connectivity index (χ3n) is 11.0. The number of rotatable bonds is 10. The number of aromatic amines is 2. The van der Waals surface area contributed by atoms with Crippen molar-refractivity contribution in [1.82, 2.24) is 49.9 Å². The Hall–Kier alpha value is -5.93. The molecular formula is C40H50N10O6. The molecule has 5 aromatic rings. The highest BCUT2D eigenvalue weighted by Gasteiger charge is 2.39. The molecule has 2 fully saturated rings. The number of H-pyrrole nitrogens is 2. The molecule has 0 spiro atoms. The minimum Gasteiger partial charge on any atom is -0.453 e. The number of aromatic nitrogens is 6. The maximum absolute atomic E-state index is 13.7. The molecule has 4 atom stereocenters. The summed E-state index contributed by atoms with van der Waals surface area (Å²) in [4.78, 5) is 76.5. The molecule has 0 unspecified atom stereocenters. The van der Waals surface area contributed by atoms with Gasteiger partial charge in [0.2, 0.25) is 11.8 Å². The first-order chi connectivity index (χ1) is 26.9. The largest absolute Gasteiger partial charge is 0.453 e.